The normalized spacial score (nSPS) is 13.2. The lowest BCUT2D eigenvalue weighted by atomic mass is 10.1. The summed E-state index contributed by atoms with van der Waals surface area (Å²) < 4.78 is 5.66. The molecule has 0 aliphatic heterocycles. The number of benzene rings is 1. The predicted molar refractivity (Wildman–Crippen MR) is 62.2 cm³/mol. The molecular weight excluding hydrogens is 218 g/mol. The Bertz CT molecular complexity index is 379. The van der Waals surface area contributed by atoms with Gasteiger partial charge < -0.3 is 20.4 Å². The van der Waals surface area contributed by atoms with Crippen LogP contribution in [0.1, 0.15) is 26.3 Å². The summed E-state index contributed by atoms with van der Waals surface area (Å²) in [5.41, 5.74) is 4.20. The van der Waals surface area contributed by atoms with E-state index in [0.717, 1.165) is 11.3 Å². The number of hydrogen-bond donors (Lipinski definition) is 1. The molecule has 4 heteroatoms. The maximum absolute atomic E-state index is 10.6. The minimum atomic E-state index is -1.12. The molecule has 0 heterocycles. The lowest BCUT2D eigenvalue weighted by Crippen LogP contribution is -2.69. The highest BCUT2D eigenvalue weighted by atomic mass is 16.5. The summed E-state index contributed by atoms with van der Waals surface area (Å²) >= 11 is 0. The van der Waals surface area contributed by atoms with Crippen LogP contribution in [-0.2, 0) is 11.2 Å². The lowest BCUT2D eigenvalue weighted by molar-refractivity contribution is -0.437. The van der Waals surface area contributed by atoms with Gasteiger partial charge in [-0.2, -0.15) is 0 Å². The van der Waals surface area contributed by atoms with Gasteiger partial charge in [0.15, 0.2) is 0 Å². The van der Waals surface area contributed by atoms with Gasteiger partial charge in [-0.25, -0.2) is 0 Å². The Hall–Kier alpha value is -1.55. The molecular formula is C13H19NO3. The fraction of sp³-hybridized carbons (Fsp3) is 0.462. The minimum Gasteiger partial charge on any atom is -0.544 e. The van der Waals surface area contributed by atoms with E-state index in [-0.39, 0.29) is 5.60 Å². The third-order valence-electron chi connectivity index (χ3n) is 2.16. The highest BCUT2D eigenvalue weighted by Crippen LogP contribution is 2.18. The molecule has 1 aromatic carbocycles. The molecule has 0 saturated carbocycles. The van der Waals surface area contributed by atoms with Crippen molar-refractivity contribution >= 4 is 5.97 Å². The average molecular weight is 237 g/mol. The lowest BCUT2D eigenvalue weighted by Gasteiger charge is -2.21. The van der Waals surface area contributed by atoms with Gasteiger partial charge in [0.05, 0.1) is 5.97 Å². The molecule has 0 aliphatic carbocycles. The molecule has 1 atom stereocenters. The Morgan fingerprint density at radius 3 is 2.29 bits per heavy atom. The summed E-state index contributed by atoms with van der Waals surface area (Å²) in [6.45, 7) is 5.93. The number of ether oxygens (including phenoxy) is 1. The fourth-order valence-corrected chi connectivity index (χ4v) is 1.41. The van der Waals surface area contributed by atoms with Crippen LogP contribution in [0.5, 0.6) is 5.75 Å². The molecule has 0 amide bonds. The van der Waals surface area contributed by atoms with Gasteiger partial charge in [0.25, 0.3) is 0 Å². The first kappa shape index (κ1) is 13.5. The number of rotatable bonds is 4. The Kier molecular flexibility index (Phi) is 4.12. The number of quaternary nitrogens is 1. The first-order valence-electron chi connectivity index (χ1n) is 5.60. The van der Waals surface area contributed by atoms with E-state index in [1.807, 2.05) is 45.0 Å². The van der Waals surface area contributed by atoms with Gasteiger partial charge in [-0.05, 0) is 38.5 Å². The van der Waals surface area contributed by atoms with Crippen molar-refractivity contribution < 1.29 is 20.4 Å². The van der Waals surface area contributed by atoms with Gasteiger partial charge in [-0.15, -0.1) is 0 Å². The van der Waals surface area contributed by atoms with Crippen LogP contribution >= 0.6 is 0 Å². The number of aliphatic carboxylic acids is 1. The van der Waals surface area contributed by atoms with E-state index in [9.17, 15) is 9.90 Å². The van der Waals surface area contributed by atoms with Crippen molar-refractivity contribution in [3.8, 4) is 5.75 Å². The van der Waals surface area contributed by atoms with E-state index < -0.39 is 12.0 Å². The molecule has 3 N–H and O–H groups in total. The first-order chi connectivity index (χ1) is 7.78. The standard InChI is InChI=1S/C13H19NO3/c1-13(2,3)17-10-6-4-9(5-7-10)8-11(14)12(15)16/h4-7,11H,8,14H2,1-3H3,(H,15,16)/t11-/m1/s1. The quantitative estimate of drug-likeness (QED) is 0.785. The second-order valence-corrected chi connectivity index (χ2v) is 5.08. The van der Waals surface area contributed by atoms with E-state index >= 15 is 0 Å². The Morgan fingerprint density at radius 2 is 1.88 bits per heavy atom. The van der Waals surface area contributed by atoms with Gasteiger partial charge in [0.1, 0.15) is 17.4 Å². The molecule has 0 aromatic heterocycles. The second kappa shape index (κ2) is 5.19. The zero-order valence-electron chi connectivity index (χ0n) is 10.5. The van der Waals surface area contributed by atoms with Gasteiger partial charge in [0, 0.05) is 6.42 Å². The molecule has 0 radical (unpaired) electrons. The number of carboxylic acid groups (broad SMARTS) is 1. The Balaban J connectivity index is 2.65. The molecule has 0 spiro atoms. The monoisotopic (exact) mass is 237 g/mol. The predicted octanol–water partition coefficient (Wildman–Crippen LogP) is -0.233. The Labute approximate surface area is 101 Å². The van der Waals surface area contributed by atoms with Gasteiger partial charge >= 0.3 is 0 Å². The Morgan fingerprint density at radius 1 is 1.35 bits per heavy atom. The fourth-order valence-electron chi connectivity index (χ4n) is 1.41. The third kappa shape index (κ3) is 4.87. The van der Waals surface area contributed by atoms with Crippen LogP contribution in [0.15, 0.2) is 24.3 Å². The largest absolute Gasteiger partial charge is 0.544 e. The van der Waals surface area contributed by atoms with Gasteiger partial charge in [-0.3, -0.25) is 0 Å². The van der Waals surface area contributed by atoms with Crippen LogP contribution in [0.4, 0.5) is 0 Å². The summed E-state index contributed by atoms with van der Waals surface area (Å²) in [7, 11) is 0. The van der Waals surface area contributed by atoms with Gasteiger partial charge in [-0.1, -0.05) is 12.1 Å². The van der Waals surface area contributed by atoms with Crippen molar-refractivity contribution in [1.29, 1.82) is 0 Å². The molecule has 0 fully saturated rings. The van der Waals surface area contributed by atoms with E-state index in [4.69, 9.17) is 4.74 Å². The van der Waals surface area contributed by atoms with E-state index in [1.54, 1.807) is 0 Å². The minimum absolute atomic E-state index is 0.235. The maximum Gasteiger partial charge on any atom is 0.129 e. The first-order valence-corrected chi connectivity index (χ1v) is 5.60. The van der Waals surface area contributed by atoms with E-state index in [2.05, 4.69) is 5.73 Å². The molecule has 17 heavy (non-hydrogen) atoms. The van der Waals surface area contributed by atoms with Crippen LogP contribution in [0.25, 0.3) is 0 Å². The molecule has 0 aliphatic rings. The van der Waals surface area contributed by atoms with Crippen LogP contribution in [0.3, 0.4) is 0 Å². The second-order valence-electron chi connectivity index (χ2n) is 5.08. The number of hydrogen-bond acceptors (Lipinski definition) is 3. The SMILES string of the molecule is CC(C)(C)Oc1ccc(C[C@@H]([NH3+])C(=O)[O-])cc1. The maximum atomic E-state index is 10.6. The summed E-state index contributed by atoms with van der Waals surface area (Å²) in [5.74, 6) is -0.352. The number of carboxylic acids is 1. The number of carbonyl (C=O) groups is 1. The van der Waals surface area contributed by atoms with Crippen molar-refractivity contribution in [1.82, 2.24) is 0 Å². The molecule has 0 bridgehead atoms. The van der Waals surface area contributed by atoms with Crippen LogP contribution in [0, 0.1) is 0 Å². The summed E-state index contributed by atoms with van der Waals surface area (Å²) in [6, 6.07) is 6.65. The third-order valence-corrected chi connectivity index (χ3v) is 2.16. The molecule has 94 valence electrons. The van der Waals surface area contributed by atoms with E-state index in [0.29, 0.717) is 6.42 Å². The van der Waals surface area contributed by atoms with Crippen molar-refractivity contribution in [2.24, 2.45) is 0 Å². The summed E-state index contributed by atoms with van der Waals surface area (Å²) in [4.78, 5) is 10.6. The highest BCUT2D eigenvalue weighted by molar-refractivity contribution is 5.69. The van der Waals surface area contributed by atoms with Crippen LogP contribution in [0.2, 0.25) is 0 Å². The number of carbonyl (C=O) groups excluding carboxylic acids is 1. The van der Waals surface area contributed by atoms with Crippen LogP contribution in [-0.4, -0.2) is 17.6 Å². The van der Waals surface area contributed by atoms with Crippen molar-refractivity contribution in [2.45, 2.75) is 38.8 Å². The molecule has 0 unspecified atom stereocenters. The zero-order valence-corrected chi connectivity index (χ0v) is 10.5. The van der Waals surface area contributed by atoms with E-state index in [1.165, 1.54) is 0 Å². The molecule has 0 saturated heterocycles. The molecule has 4 nitrogen and oxygen atoms in total. The van der Waals surface area contributed by atoms with Crippen molar-refractivity contribution in [3.63, 3.8) is 0 Å². The van der Waals surface area contributed by atoms with Crippen molar-refractivity contribution in [3.05, 3.63) is 29.8 Å². The van der Waals surface area contributed by atoms with Gasteiger partial charge in [0.2, 0.25) is 0 Å². The van der Waals surface area contributed by atoms with Crippen LogP contribution < -0.4 is 15.6 Å². The molecule has 1 aromatic rings. The zero-order chi connectivity index (χ0) is 13.1. The average Bonchev–Trinajstić information content (AvgIpc) is 2.18. The highest BCUT2D eigenvalue weighted by Gasteiger charge is 2.12. The summed E-state index contributed by atoms with van der Waals surface area (Å²) in [5, 5.41) is 10.6. The molecule has 1 rings (SSSR count). The van der Waals surface area contributed by atoms with Crippen molar-refractivity contribution in [2.75, 3.05) is 0 Å². The smallest absolute Gasteiger partial charge is 0.129 e. The topological polar surface area (TPSA) is 77.0 Å². The summed E-state index contributed by atoms with van der Waals surface area (Å²) in [6.07, 6.45) is 0.373.